The number of fused-ring (bicyclic) bond motifs is 1. The zero-order valence-corrected chi connectivity index (χ0v) is 20.5. The molecule has 1 saturated heterocycles. The van der Waals surface area contributed by atoms with E-state index in [-0.39, 0.29) is 5.91 Å². The van der Waals surface area contributed by atoms with Gasteiger partial charge in [-0.1, -0.05) is 25.8 Å². The first-order chi connectivity index (χ1) is 16.5. The summed E-state index contributed by atoms with van der Waals surface area (Å²) in [5.41, 5.74) is 2.81. The van der Waals surface area contributed by atoms with E-state index in [1.807, 2.05) is 18.3 Å². The van der Waals surface area contributed by atoms with Crippen molar-refractivity contribution >= 4 is 28.7 Å². The Balaban J connectivity index is 1.38. The fourth-order valence-electron chi connectivity index (χ4n) is 5.41. The van der Waals surface area contributed by atoms with E-state index < -0.39 is 0 Å². The molecule has 0 atom stereocenters. The number of aromatic nitrogens is 4. The van der Waals surface area contributed by atoms with E-state index >= 15 is 0 Å². The highest BCUT2D eigenvalue weighted by Crippen LogP contribution is 2.35. The molecular weight excluding hydrogens is 426 g/mol. The maximum absolute atomic E-state index is 12.9. The van der Waals surface area contributed by atoms with Crippen LogP contribution >= 0.6 is 0 Å². The van der Waals surface area contributed by atoms with Crippen molar-refractivity contribution in [3.05, 3.63) is 41.9 Å². The maximum atomic E-state index is 12.9. The molecule has 4 heterocycles. The molecule has 3 aromatic rings. The molecule has 0 unspecified atom stereocenters. The Bertz CT molecular complexity index is 1140. The van der Waals surface area contributed by atoms with Crippen LogP contribution in [0.25, 0.3) is 11.0 Å². The van der Waals surface area contributed by atoms with Gasteiger partial charge in [0.2, 0.25) is 5.95 Å². The molecule has 1 saturated carbocycles. The van der Waals surface area contributed by atoms with Crippen molar-refractivity contribution in [2.24, 2.45) is 0 Å². The Morgan fingerprint density at radius 1 is 1.09 bits per heavy atom. The van der Waals surface area contributed by atoms with E-state index in [1.54, 1.807) is 25.2 Å². The molecule has 180 valence electrons. The minimum absolute atomic E-state index is 0.00133. The molecule has 2 aliphatic rings. The van der Waals surface area contributed by atoms with E-state index in [1.165, 1.54) is 31.2 Å². The standard InChI is InChI=1S/C26H35N7O/c1-4-32-13-11-18(12-14-32)19-9-10-23(27-16-19)29-26-28-17-20-15-22(25(34)31(2)3)33(24(20)30-26)21-7-5-6-8-21/h9-10,15-18,21H,4-8,11-14H2,1-3H3,(H,27,28,29,30). The van der Waals surface area contributed by atoms with Crippen molar-refractivity contribution in [1.29, 1.82) is 0 Å². The number of nitrogens with zero attached hydrogens (tertiary/aromatic N) is 6. The molecule has 3 aromatic heterocycles. The topological polar surface area (TPSA) is 79.2 Å². The van der Waals surface area contributed by atoms with E-state index in [9.17, 15) is 4.79 Å². The number of piperidine rings is 1. The zero-order valence-electron chi connectivity index (χ0n) is 20.5. The third kappa shape index (κ3) is 4.51. The van der Waals surface area contributed by atoms with Crippen LogP contribution in [0.1, 0.15) is 73.5 Å². The van der Waals surface area contributed by atoms with Gasteiger partial charge >= 0.3 is 0 Å². The van der Waals surface area contributed by atoms with E-state index in [0.29, 0.717) is 23.6 Å². The fraction of sp³-hybridized carbons (Fsp3) is 0.538. The summed E-state index contributed by atoms with van der Waals surface area (Å²) >= 11 is 0. The van der Waals surface area contributed by atoms with Crippen LogP contribution in [0.2, 0.25) is 0 Å². The number of carbonyl (C=O) groups excluding carboxylic acids is 1. The number of pyridine rings is 1. The molecule has 1 aliphatic carbocycles. The first-order valence-corrected chi connectivity index (χ1v) is 12.6. The third-order valence-corrected chi connectivity index (χ3v) is 7.42. The number of nitrogens with one attached hydrogen (secondary N) is 1. The summed E-state index contributed by atoms with van der Waals surface area (Å²) in [5.74, 6) is 1.82. The summed E-state index contributed by atoms with van der Waals surface area (Å²) < 4.78 is 2.14. The Kier molecular flexibility index (Phi) is 6.50. The molecule has 2 fully saturated rings. The van der Waals surface area contributed by atoms with Crippen LogP contribution in [0.4, 0.5) is 11.8 Å². The number of carbonyl (C=O) groups is 1. The van der Waals surface area contributed by atoms with Gasteiger partial charge in [0.1, 0.15) is 17.2 Å². The molecule has 0 spiro atoms. The van der Waals surface area contributed by atoms with Gasteiger partial charge in [-0.2, -0.15) is 4.98 Å². The smallest absolute Gasteiger partial charge is 0.270 e. The van der Waals surface area contributed by atoms with Crippen LogP contribution in [0, 0.1) is 0 Å². The second kappa shape index (κ2) is 9.70. The fourth-order valence-corrected chi connectivity index (χ4v) is 5.41. The van der Waals surface area contributed by atoms with Gasteiger partial charge in [0.15, 0.2) is 0 Å². The SMILES string of the molecule is CCN1CCC(c2ccc(Nc3ncc4cc(C(=O)N(C)C)n(C5CCCC5)c4n3)nc2)CC1. The second-order valence-corrected chi connectivity index (χ2v) is 9.82. The maximum Gasteiger partial charge on any atom is 0.270 e. The summed E-state index contributed by atoms with van der Waals surface area (Å²) in [6, 6.07) is 6.42. The first kappa shape index (κ1) is 22.8. The lowest BCUT2D eigenvalue weighted by molar-refractivity contribution is 0.0815. The highest BCUT2D eigenvalue weighted by Gasteiger charge is 2.26. The van der Waals surface area contributed by atoms with Crippen LogP contribution in [-0.2, 0) is 0 Å². The normalized spacial score (nSPS) is 18.0. The minimum Gasteiger partial charge on any atom is -0.343 e. The number of anilines is 2. The Morgan fingerprint density at radius 2 is 1.85 bits per heavy atom. The van der Waals surface area contributed by atoms with E-state index in [0.717, 1.165) is 49.3 Å². The number of hydrogen-bond donors (Lipinski definition) is 1. The highest BCUT2D eigenvalue weighted by atomic mass is 16.2. The van der Waals surface area contributed by atoms with Crippen molar-refractivity contribution < 1.29 is 4.79 Å². The third-order valence-electron chi connectivity index (χ3n) is 7.42. The van der Waals surface area contributed by atoms with Gasteiger partial charge in [-0.05, 0) is 68.9 Å². The number of amides is 1. The zero-order chi connectivity index (χ0) is 23.7. The van der Waals surface area contributed by atoms with Gasteiger partial charge in [-0.15, -0.1) is 0 Å². The van der Waals surface area contributed by atoms with Crippen LogP contribution in [0.15, 0.2) is 30.6 Å². The van der Waals surface area contributed by atoms with E-state index in [4.69, 9.17) is 4.98 Å². The van der Waals surface area contributed by atoms with Gasteiger partial charge in [0.25, 0.3) is 5.91 Å². The largest absolute Gasteiger partial charge is 0.343 e. The monoisotopic (exact) mass is 461 g/mol. The average molecular weight is 462 g/mol. The lowest BCUT2D eigenvalue weighted by atomic mass is 9.90. The molecule has 8 heteroatoms. The molecular formula is C26H35N7O. The Hall–Kier alpha value is -3.00. The lowest BCUT2D eigenvalue weighted by Crippen LogP contribution is -2.32. The van der Waals surface area contributed by atoms with Crippen molar-refractivity contribution in [2.45, 2.75) is 57.4 Å². The van der Waals surface area contributed by atoms with Crippen LogP contribution in [0.5, 0.6) is 0 Å². The van der Waals surface area contributed by atoms with Crippen LogP contribution in [-0.4, -0.2) is 69.0 Å². The molecule has 5 rings (SSSR count). The second-order valence-electron chi connectivity index (χ2n) is 9.82. The summed E-state index contributed by atoms with van der Waals surface area (Å²) in [7, 11) is 3.58. The Morgan fingerprint density at radius 3 is 2.50 bits per heavy atom. The summed E-state index contributed by atoms with van der Waals surface area (Å²) in [6.45, 7) is 5.68. The van der Waals surface area contributed by atoms with Crippen LogP contribution in [0.3, 0.4) is 0 Å². The van der Waals surface area contributed by atoms with Gasteiger partial charge in [0.05, 0.1) is 0 Å². The average Bonchev–Trinajstić information content (AvgIpc) is 3.51. The van der Waals surface area contributed by atoms with Crippen LogP contribution < -0.4 is 5.32 Å². The molecule has 8 nitrogen and oxygen atoms in total. The van der Waals surface area contributed by atoms with Crippen molar-refractivity contribution in [1.82, 2.24) is 29.3 Å². The molecule has 0 radical (unpaired) electrons. The van der Waals surface area contributed by atoms with Crippen molar-refractivity contribution in [3.63, 3.8) is 0 Å². The quantitative estimate of drug-likeness (QED) is 0.579. The number of rotatable bonds is 6. The lowest BCUT2D eigenvalue weighted by Gasteiger charge is -2.31. The predicted molar refractivity (Wildman–Crippen MR) is 135 cm³/mol. The molecule has 1 amide bonds. The predicted octanol–water partition coefficient (Wildman–Crippen LogP) is 4.59. The first-order valence-electron chi connectivity index (χ1n) is 12.6. The van der Waals surface area contributed by atoms with Gasteiger partial charge in [-0.25, -0.2) is 9.97 Å². The number of hydrogen-bond acceptors (Lipinski definition) is 6. The molecule has 1 N–H and O–H groups in total. The summed E-state index contributed by atoms with van der Waals surface area (Å²) in [6.07, 6.45) is 10.7. The summed E-state index contributed by atoms with van der Waals surface area (Å²) in [4.78, 5) is 31.0. The minimum atomic E-state index is 0.00133. The number of likely N-dealkylation sites (tertiary alicyclic amines) is 1. The summed E-state index contributed by atoms with van der Waals surface area (Å²) in [5, 5.41) is 4.16. The van der Waals surface area contributed by atoms with Gasteiger partial charge in [0, 0.05) is 37.9 Å². The van der Waals surface area contributed by atoms with Crippen molar-refractivity contribution in [3.8, 4) is 0 Å². The van der Waals surface area contributed by atoms with E-state index in [2.05, 4.69) is 37.7 Å². The van der Waals surface area contributed by atoms with Gasteiger partial charge < -0.3 is 19.7 Å². The highest BCUT2D eigenvalue weighted by molar-refractivity contribution is 5.97. The molecule has 34 heavy (non-hydrogen) atoms. The molecule has 0 aromatic carbocycles. The van der Waals surface area contributed by atoms with Gasteiger partial charge in [-0.3, -0.25) is 4.79 Å². The molecule has 1 aliphatic heterocycles. The van der Waals surface area contributed by atoms with Crippen molar-refractivity contribution in [2.75, 3.05) is 39.0 Å². The Labute approximate surface area is 201 Å². The molecule has 0 bridgehead atoms.